The zero-order valence-electron chi connectivity index (χ0n) is 9.62. The Balaban J connectivity index is 2.60. The Labute approximate surface area is 117 Å². The number of imidazole rings is 1. The number of benzene rings is 1. The molecule has 0 atom stereocenters. The first-order valence-corrected chi connectivity index (χ1v) is 6.49. The second-order valence-electron chi connectivity index (χ2n) is 3.82. The normalized spacial score (nSPS) is 10.9. The Kier molecular flexibility index (Phi) is 4.04. The van der Waals surface area contributed by atoms with Gasteiger partial charge >= 0.3 is 0 Å². The second kappa shape index (κ2) is 5.38. The van der Waals surface area contributed by atoms with E-state index in [1.165, 1.54) is 12.1 Å². The van der Waals surface area contributed by atoms with Gasteiger partial charge in [0.2, 0.25) is 0 Å². The highest BCUT2D eigenvalue weighted by molar-refractivity contribution is 9.10. The molecule has 0 aliphatic carbocycles. The molecule has 0 spiro atoms. The van der Waals surface area contributed by atoms with Crippen LogP contribution in [0.5, 0.6) is 0 Å². The number of nitrogens with zero attached hydrogens (tertiary/aromatic N) is 2. The van der Waals surface area contributed by atoms with Gasteiger partial charge in [-0.15, -0.1) is 0 Å². The number of aromatic nitrogens is 2. The Morgan fingerprint density at radius 2 is 2.22 bits per heavy atom. The predicted molar refractivity (Wildman–Crippen MR) is 72.1 cm³/mol. The lowest BCUT2D eigenvalue weighted by atomic mass is 10.1. The number of halogens is 3. The molecule has 0 radical (unpaired) electrons. The van der Waals surface area contributed by atoms with Crippen LogP contribution in [-0.4, -0.2) is 21.3 Å². The van der Waals surface area contributed by atoms with Crippen LogP contribution in [0.3, 0.4) is 0 Å². The van der Waals surface area contributed by atoms with Crippen molar-refractivity contribution >= 4 is 27.5 Å². The summed E-state index contributed by atoms with van der Waals surface area (Å²) in [5.41, 5.74) is 0.993. The second-order valence-corrected chi connectivity index (χ2v) is 5.01. The van der Waals surface area contributed by atoms with Crippen molar-refractivity contribution in [1.82, 2.24) is 9.55 Å². The van der Waals surface area contributed by atoms with Gasteiger partial charge in [-0.3, -0.25) is 0 Å². The first-order valence-electron chi connectivity index (χ1n) is 5.32. The third kappa shape index (κ3) is 2.43. The van der Waals surface area contributed by atoms with Gasteiger partial charge in [0.05, 0.1) is 12.3 Å². The maximum absolute atomic E-state index is 13.8. The maximum atomic E-state index is 13.8. The van der Waals surface area contributed by atoms with Gasteiger partial charge in [-0.05, 0) is 34.1 Å². The van der Waals surface area contributed by atoms with E-state index >= 15 is 0 Å². The SMILES string of the molecule is Cn1c(CCO)nc(Br)c1-c1cc(Cl)ccc1F. The monoisotopic (exact) mass is 332 g/mol. The number of aliphatic hydroxyl groups excluding tert-OH is 1. The van der Waals surface area contributed by atoms with Gasteiger partial charge in [0.15, 0.2) is 0 Å². The zero-order chi connectivity index (χ0) is 13.3. The number of rotatable bonds is 3. The molecule has 1 aromatic carbocycles. The molecule has 0 saturated heterocycles. The average molecular weight is 334 g/mol. The van der Waals surface area contributed by atoms with Crippen LogP contribution < -0.4 is 0 Å². The van der Waals surface area contributed by atoms with E-state index in [0.717, 1.165) is 0 Å². The van der Waals surface area contributed by atoms with E-state index in [9.17, 15) is 4.39 Å². The van der Waals surface area contributed by atoms with E-state index in [1.807, 2.05) is 0 Å². The highest BCUT2D eigenvalue weighted by Crippen LogP contribution is 2.32. The first-order chi connectivity index (χ1) is 8.54. The lowest BCUT2D eigenvalue weighted by Gasteiger charge is -2.07. The molecule has 0 amide bonds. The summed E-state index contributed by atoms with van der Waals surface area (Å²) in [6, 6.07) is 4.38. The Morgan fingerprint density at radius 1 is 1.50 bits per heavy atom. The van der Waals surface area contributed by atoms with E-state index in [1.54, 1.807) is 17.7 Å². The smallest absolute Gasteiger partial charge is 0.132 e. The summed E-state index contributed by atoms with van der Waals surface area (Å²) in [6.07, 6.45) is 0.414. The summed E-state index contributed by atoms with van der Waals surface area (Å²) in [5, 5.41) is 9.41. The van der Waals surface area contributed by atoms with Gasteiger partial charge < -0.3 is 9.67 Å². The van der Waals surface area contributed by atoms with Crippen molar-refractivity contribution < 1.29 is 9.50 Å². The minimum atomic E-state index is -0.362. The van der Waals surface area contributed by atoms with Crippen LogP contribution in [0.25, 0.3) is 11.3 Å². The van der Waals surface area contributed by atoms with Crippen LogP contribution in [0.15, 0.2) is 22.8 Å². The Morgan fingerprint density at radius 3 is 2.89 bits per heavy atom. The molecule has 1 aromatic heterocycles. The van der Waals surface area contributed by atoms with Crippen molar-refractivity contribution in [3.8, 4) is 11.3 Å². The molecule has 96 valence electrons. The van der Waals surface area contributed by atoms with Gasteiger partial charge in [0.1, 0.15) is 16.2 Å². The van der Waals surface area contributed by atoms with Gasteiger partial charge in [-0.25, -0.2) is 9.37 Å². The largest absolute Gasteiger partial charge is 0.396 e. The molecule has 0 aliphatic rings. The molecule has 0 fully saturated rings. The Bertz CT molecular complexity index is 586. The minimum Gasteiger partial charge on any atom is -0.396 e. The van der Waals surface area contributed by atoms with E-state index < -0.39 is 0 Å². The fraction of sp³-hybridized carbons (Fsp3) is 0.250. The van der Waals surface area contributed by atoms with Gasteiger partial charge in [-0.1, -0.05) is 11.6 Å². The van der Waals surface area contributed by atoms with Gasteiger partial charge in [-0.2, -0.15) is 0 Å². The molecule has 2 rings (SSSR count). The molecule has 1 heterocycles. The lowest BCUT2D eigenvalue weighted by molar-refractivity contribution is 0.295. The molecular weight excluding hydrogens is 322 g/mol. The average Bonchev–Trinajstić information content (AvgIpc) is 2.59. The number of hydrogen-bond acceptors (Lipinski definition) is 2. The molecule has 1 N–H and O–H groups in total. The van der Waals surface area contributed by atoms with E-state index in [0.29, 0.717) is 33.1 Å². The highest BCUT2D eigenvalue weighted by atomic mass is 79.9. The predicted octanol–water partition coefficient (Wildman–Crippen LogP) is 3.18. The zero-order valence-corrected chi connectivity index (χ0v) is 12.0. The summed E-state index contributed by atoms with van der Waals surface area (Å²) in [7, 11) is 1.78. The van der Waals surface area contributed by atoms with Crippen LogP contribution in [0.1, 0.15) is 5.82 Å². The summed E-state index contributed by atoms with van der Waals surface area (Å²) >= 11 is 9.20. The van der Waals surface area contributed by atoms with Crippen molar-refractivity contribution in [1.29, 1.82) is 0 Å². The number of hydrogen-bond donors (Lipinski definition) is 1. The van der Waals surface area contributed by atoms with Crippen molar-refractivity contribution in [2.45, 2.75) is 6.42 Å². The molecule has 18 heavy (non-hydrogen) atoms. The van der Waals surface area contributed by atoms with Crippen LogP contribution >= 0.6 is 27.5 Å². The maximum Gasteiger partial charge on any atom is 0.132 e. The molecule has 3 nitrogen and oxygen atoms in total. The van der Waals surface area contributed by atoms with Crippen molar-refractivity contribution in [2.24, 2.45) is 7.05 Å². The summed E-state index contributed by atoms with van der Waals surface area (Å²) in [4.78, 5) is 4.26. The third-order valence-corrected chi connectivity index (χ3v) is 3.45. The van der Waals surface area contributed by atoms with Crippen LogP contribution in [-0.2, 0) is 13.5 Å². The number of aliphatic hydroxyl groups is 1. The van der Waals surface area contributed by atoms with Crippen LogP contribution in [0.4, 0.5) is 4.39 Å². The minimum absolute atomic E-state index is 0.00520. The molecule has 2 aromatic rings. The van der Waals surface area contributed by atoms with Crippen molar-refractivity contribution in [3.63, 3.8) is 0 Å². The molecule has 0 bridgehead atoms. The van der Waals surface area contributed by atoms with Gasteiger partial charge in [0, 0.05) is 24.1 Å². The highest BCUT2D eigenvalue weighted by Gasteiger charge is 2.17. The summed E-state index contributed by atoms with van der Waals surface area (Å²) in [5.74, 6) is 0.317. The van der Waals surface area contributed by atoms with Crippen LogP contribution in [0.2, 0.25) is 5.02 Å². The standard InChI is InChI=1S/C12H11BrClFN2O/c1-17-10(4-5-18)16-12(13)11(17)8-6-7(14)2-3-9(8)15/h2-3,6,18H,4-5H2,1H3. The fourth-order valence-electron chi connectivity index (χ4n) is 1.80. The van der Waals surface area contributed by atoms with Gasteiger partial charge in [0.25, 0.3) is 0 Å². The van der Waals surface area contributed by atoms with E-state index in [-0.39, 0.29) is 12.4 Å². The molecule has 0 aliphatic heterocycles. The Hall–Kier alpha value is -0.910. The molecular formula is C12H11BrClFN2O. The topological polar surface area (TPSA) is 38.0 Å². The molecule has 0 unspecified atom stereocenters. The lowest BCUT2D eigenvalue weighted by Crippen LogP contribution is -2.02. The fourth-order valence-corrected chi connectivity index (χ4v) is 2.66. The molecule has 0 saturated carbocycles. The van der Waals surface area contributed by atoms with Crippen LogP contribution in [0, 0.1) is 5.82 Å². The van der Waals surface area contributed by atoms with Crippen molar-refractivity contribution in [2.75, 3.05) is 6.61 Å². The quantitative estimate of drug-likeness (QED) is 0.937. The van der Waals surface area contributed by atoms with E-state index in [2.05, 4.69) is 20.9 Å². The first kappa shape index (κ1) is 13.5. The third-order valence-electron chi connectivity index (χ3n) is 2.66. The van der Waals surface area contributed by atoms with Crippen molar-refractivity contribution in [3.05, 3.63) is 39.5 Å². The summed E-state index contributed by atoms with van der Waals surface area (Å²) < 4.78 is 16.1. The molecule has 6 heteroatoms. The summed E-state index contributed by atoms with van der Waals surface area (Å²) in [6.45, 7) is -0.00520. The van der Waals surface area contributed by atoms with E-state index in [4.69, 9.17) is 16.7 Å².